The second-order valence-electron chi connectivity index (χ2n) is 4.96. The Morgan fingerprint density at radius 3 is 2.60 bits per heavy atom. The standard InChI is InChI=1S/C14H17N3O3/c1-18-11-6-9(10(15)7-12(11)19-2)14-16-13(17-20-14)5-8-3-4-8/h6-8H,3-5,15H2,1-2H3. The van der Waals surface area contributed by atoms with Gasteiger partial charge in [-0.1, -0.05) is 5.16 Å². The third kappa shape index (κ3) is 2.41. The van der Waals surface area contributed by atoms with Crippen molar-refractivity contribution in [1.29, 1.82) is 0 Å². The van der Waals surface area contributed by atoms with Gasteiger partial charge in [-0.25, -0.2) is 0 Å². The first-order chi connectivity index (χ1) is 9.71. The largest absolute Gasteiger partial charge is 0.493 e. The molecule has 1 aromatic carbocycles. The van der Waals surface area contributed by atoms with Crippen LogP contribution in [-0.2, 0) is 6.42 Å². The molecule has 3 rings (SSSR count). The normalized spacial score (nSPS) is 14.3. The lowest BCUT2D eigenvalue weighted by Crippen LogP contribution is -1.96. The van der Waals surface area contributed by atoms with Gasteiger partial charge in [-0.15, -0.1) is 0 Å². The molecule has 1 aliphatic rings. The van der Waals surface area contributed by atoms with Crippen LogP contribution in [0, 0.1) is 5.92 Å². The molecule has 1 aromatic heterocycles. The number of nitrogens with two attached hydrogens (primary N) is 1. The van der Waals surface area contributed by atoms with Gasteiger partial charge < -0.3 is 19.7 Å². The van der Waals surface area contributed by atoms with Gasteiger partial charge in [-0.3, -0.25) is 0 Å². The molecule has 1 fully saturated rings. The highest BCUT2D eigenvalue weighted by Gasteiger charge is 2.24. The van der Waals surface area contributed by atoms with Crippen LogP contribution in [0.2, 0.25) is 0 Å². The Kier molecular flexibility index (Phi) is 3.22. The molecule has 1 saturated carbocycles. The fourth-order valence-electron chi connectivity index (χ4n) is 2.11. The Morgan fingerprint density at radius 1 is 1.25 bits per heavy atom. The number of hydrogen-bond donors (Lipinski definition) is 1. The fraction of sp³-hybridized carbons (Fsp3) is 0.429. The first kappa shape index (κ1) is 12.8. The van der Waals surface area contributed by atoms with Crippen LogP contribution in [0.4, 0.5) is 5.69 Å². The van der Waals surface area contributed by atoms with Crippen LogP contribution in [0.1, 0.15) is 18.7 Å². The van der Waals surface area contributed by atoms with Crippen LogP contribution >= 0.6 is 0 Å². The molecule has 2 aromatic rings. The molecular formula is C14H17N3O3. The lowest BCUT2D eigenvalue weighted by molar-refractivity contribution is 0.355. The molecular weight excluding hydrogens is 258 g/mol. The Labute approximate surface area is 116 Å². The Hall–Kier alpha value is -2.24. The van der Waals surface area contributed by atoms with Gasteiger partial charge in [0.1, 0.15) is 0 Å². The molecule has 2 N–H and O–H groups in total. The maximum atomic E-state index is 6.01. The molecule has 0 bridgehead atoms. The maximum Gasteiger partial charge on any atom is 0.260 e. The Bertz CT molecular complexity index is 620. The molecule has 0 radical (unpaired) electrons. The van der Waals surface area contributed by atoms with Gasteiger partial charge in [0.2, 0.25) is 0 Å². The van der Waals surface area contributed by atoms with Crippen molar-refractivity contribution in [3.8, 4) is 23.0 Å². The number of hydrogen-bond acceptors (Lipinski definition) is 6. The molecule has 0 amide bonds. The van der Waals surface area contributed by atoms with Crippen LogP contribution in [0.5, 0.6) is 11.5 Å². The van der Waals surface area contributed by atoms with Gasteiger partial charge in [0.15, 0.2) is 17.3 Å². The van der Waals surface area contributed by atoms with Crippen molar-refractivity contribution in [1.82, 2.24) is 10.1 Å². The minimum absolute atomic E-state index is 0.416. The van der Waals surface area contributed by atoms with E-state index in [4.69, 9.17) is 19.7 Å². The predicted octanol–water partition coefficient (Wildman–Crippen LogP) is 2.29. The van der Waals surface area contributed by atoms with E-state index in [1.807, 2.05) is 0 Å². The molecule has 0 aliphatic heterocycles. The lowest BCUT2D eigenvalue weighted by atomic mass is 10.1. The molecule has 106 valence electrons. The van der Waals surface area contributed by atoms with E-state index < -0.39 is 0 Å². The number of benzene rings is 1. The summed E-state index contributed by atoms with van der Waals surface area (Å²) in [5.41, 5.74) is 7.19. The second-order valence-corrected chi connectivity index (χ2v) is 4.96. The van der Waals surface area contributed by atoms with Crippen molar-refractivity contribution in [3.63, 3.8) is 0 Å². The summed E-state index contributed by atoms with van der Waals surface area (Å²) in [5, 5.41) is 4.00. The van der Waals surface area contributed by atoms with Gasteiger partial charge in [-0.05, 0) is 24.8 Å². The van der Waals surface area contributed by atoms with E-state index in [-0.39, 0.29) is 0 Å². The van der Waals surface area contributed by atoms with Crippen molar-refractivity contribution in [2.24, 2.45) is 5.92 Å². The number of methoxy groups -OCH3 is 2. The molecule has 6 heteroatoms. The van der Waals surface area contributed by atoms with Crippen molar-refractivity contribution >= 4 is 5.69 Å². The molecule has 20 heavy (non-hydrogen) atoms. The van der Waals surface area contributed by atoms with Crippen LogP contribution < -0.4 is 15.2 Å². The highest BCUT2D eigenvalue weighted by Crippen LogP contribution is 2.37. The maximum absolute atomic E-state index is 6.01. The summed E-state index contributed by atoms with van der Waals surface area (Å²) in [4.78, 5) is 4.40. The van der Waals surface area contributed by atoms with Gasteiger partial charge in [0.05, 0.1) is 19.8 Å². The van der Waals surface area contributed by atoms with Gasteiger partial charge >= 0.3 is 0 Å². The smallest absolute Gasteiger partial charge is 0.260 e. The second kappa shape index (κ2) is 5.03. The summed E-state index contributed by atoms with van der Waals surface area (Å²) in [6.07, 6.45) is 3.38. The lowest BCUT2D eigenvalue weighted by Gasteiger charge is -2.10. The number of ether oxygens (including phenoxy) is 2. The average Bonchev–Trinajstić information content (AvgIpc) is 3.15. The number of nitrogens with zero attached hydrogens (tertiary/aromatic N) is 2. The quantitative estimate of drug-likeness (QED) is 0.843. The first-order valence-corrected chi connectivity index (χ1v) is 6.55. The van der Waals surface area contributed by atoms with E-state index in [0.29, 0.717) is 34.6 Å². The van der Waals surface area contributed by atoms with Gasteiger partial charge in [0, 0.05) is 18.2 Å². The van der Waals surface area contributed by atoms with Crippen LogP contribution in [-0.4, -0.2) is 24.4 Å². The predicted molar refractivity (Wildman–Crippen MR) is 73.7 cm³/mol. The highest BCUT2D eigenvalue weighted by atomic mass is 16.5. The molecule has 0 unspecified atom stereocenters. The number of anilines is 1. The average molecular weight is 275 g/mol. The molecule has 1 heterocycles. The van der Waals surface area contributed by atoms with Crippen molar-refractivity contribution in [3.05, 3.63) is 18.0 Å². The van der Waals surface area contributed by atoms with E-state index in [2.05, 4.69) is 10.1 Å². The Morgan fingerprint density at radius 2 is 1.95 bits per heavy atom. The Balaban J connectivity index is 1.93. The van der Waals surface area contributed by atoms with E-state index >= 15 is 0 Å². The third-order valence-corrected chi connectivity index (χ3v) is 3.42. The summed E-state index contributed by atoms with van der Waals surface area (Å²) in [6.45, 7) is 0. The SMILES string of the molecule is COc1cc(N)c(-c2nc(CC3CC3)no2)cc1OC. The van der Waals surface area contributed by atoms with Crippen molar-refractivity contribution < 1.29 is 14.0 Å². The zero-order valence-corrected chi connectivity index (χ0v) is 11.5. The van der Waals surface area contributed by atoms with Crippen LogP contribution in [0.15, 0.2) is 16.7 Å². The highest BCUT2D eigenvalue weighted by molar-refractivity contribution is 5.75. The van der Waals surface area contributed by atoms with Crippen LogP contribution in [0.25, 0.3) is 11.5 Å². The summed E-state index contributed by atoms with van der Waals surface area (Å²) < 4.78 is 15.8. The van der Waals surface area contributed by atoms with E-state index in [1.165, 1.54) is 12.8 Å². The minimum Gasteiger partial charge on any atom is -0.493 e. The summed E-state index contributed by atoms with van der Waals surface area (Å²) >= 11 is 0. The summed E-state index contributed by atoms with van der Waals surface area (Å²) in [6, 6.07) is 3.45. The summed E-state index contributed by atoms with van der Waals surface area (Å²) in [7, 11) is 3.14. The van der Waals surface area contributed by atoms with E-state index in [1.54, 1.807) is 26.4 Å². The van der Waals surface area contributed by atoms with Gasteiger partial charge in [-0.2, -0.15) is 4.98 Å². The minimum atomic E-state index is 0.416. The number of aromatic nitrogens is 2. The monoisotopic (exact) mass is 275 g/mol. The molecule has 6 nitrogen and oxygen atoms in total. The van der Waals surface area contributed by atoms with E-state index in [9.17, 15) is 0 Å². The zero-order valence-electron chi connectivity index (χ0n) is 11.5. The number of rotatable bonds is 5. The topological polar surface area (TPSA) is 83.4 Å². The van der Waals surface area contributed by atoms with Crippen molar-refractivity contribution in [2.75, 3.05) is 20.0 Å². The molecule has 0 saturated heterocycles. The third-order valence-electron chi connectivity index (χ3n) is 3.42. The van der Waals surface area contributed by atoms with E-state index in [0.717, 1.165) is 12.2 Å². The molecule has 0 spiro atoms. The molecule has 0 atom stereocenters. The van der Waals surface area contributed by atoms with Crippen LogP contribution in [0.3, 0.4) is 0 Å². The fourth-order valence-corrected chi connectivity index (χ4v) is 2.11. The first-order valence-electron chi connectivity index (χ1n) is 6.55. The van der Waals surface area contributed by atoms with Gasteiger partial charge in [0.25, 0.3) is 5.89 Å². The van der Waals surface area contributed by atoms with Crippen molar-refractivity contribution in [2.45, 2.75) is 19.3 Å². The summed E-state index contributed by atoms with van der Waals surface area (Å²) in [5.74, 6) is 3.02. The molecule has 1 aliphatic carbocycles. The zero-order chi connectivity index (χ0) is 14.1. The number of nitrogen functional groups attached to an aromatic ring is 1.